The Kier molecular flexibility index (Phi) is 2.90. The molecule has 2 saturated carbocycles. The molecule has 4 unspecified atom stereocenters. The first-order chi connectivity index (χ1) is 8.20. The summed E-state index contributed by atoms with van der Waals surface area (Å²) < 4.78 is 1.75. The number of fused-ring (bicyclic) bond motifs is 2. The summed E-state index contributed by atoms with van der Waals surface area (Å²) >= 11 is 0. The average molecular weight is 234 g/mol. The lowest BCUT2D eigenvalue weighted by molar-refractivity contribution is 0.293. The number of rotatable bonds is 4. The predicted octanol–water partition coefficient (Wildman–Crippen LogP) is 1.51. The van der Waals surface area contributed by atoms with Gasteiger partial charge in [0.25, 0.3) is 0 Å². The first-order valence-electron chi connectivity index (χ1n) is 6.81. The van der Waals surface area contributed by atoms with Gasteiger partial charge in [0.05, 0.1) is 5.69 Å². The monoisotopic (exact) mass is 234 g/mol. The number of aromatic nitrogens is 3. The minimum absolute atomic E-state index is 0.260. The molecule has 1 aromatic rings. The second kappa shape index (κ2) is 4.41. The van der Waals surface area contributed by atoms with E-state index in [1.165, 1.54) is 32.1 Å². The molecule has 0 radical (unpaired) electrons. The van der Waals surface area contributed by atoms with Gasteiger partial charge in [0.1, 0.15) is 0 Å². The van der Waals surface area contributed by atoms with Gasteiger partial charge < -0.3 is 5.73 Å². The summed E-state index contributed by atoms with van der Waals surface area (Å²) in [5.41, 5.74) is 7.28. The number of aryl methyl sites for hydroxylation is 1. The number of hydrogen-bond donors (Lipinski definition) is 1. The fourth-order valence-electron chi connectivity index (χ4n) is 3.89. The first-order valence-corrected chi connectivity index (χ1v) is 6.81. The quantitative estimate of drug-likeness (QED) is 0.859. The highest BCUT2D eigenvalue weighted by Gasteiger charge is 2.39. The number of nitrogens with two attached hydrogens (primary N) is 1. The van der Waals surface area contributed by atoms with Crippen molar-refractivity contribution in [3.8, 4) is 0 Å². The van der Waals surface area contributed by atoms with Gasteiger partial charge >= 0.3 is 0 Å². The fraction of sp³-hybridized carbons (Fsp3) is 0.846. The molecule has 1 heterocycles. The van der Waals surface area contributed by atoms with Crippen LogP contribution < -0.4 is 5.73 Å². The molecular weight excluding hydrogens is 212 g/mol. The van der Waals surface area contributed by atoms with Crippen LogP contribution in [0.4, 0.5) is 0 Å². The average Bonchev–Trinajstić information content (AvgIpc) is 2.95. The van der Waals surface area contributed by atoms with Gasteiger partial charge in [0.15, 0.2) is 0 Å². The van der Waals surface area contributed by atoms with Crippen LogP contribution in [0.25, 0.3) is 0 Å². The molecule has 0 spiro atoms. The highest BCUT2D eigenvalue weighted by molar-refractivity contribution is 4.97. The van der Waals surface area contributed by atoms with Gasteiger partial charge in [-0.3, -0.25) is 4.68 Å². The topological polar surface area (TPSA) is 56.7 Å². The van der Waals surface area contributed by atoms with Crippen LogP contribution in [0.15, 0.2) is 6.20 Å². The second-order valence-electron chi connectivity index (χ2n) is 6.02. The summed E-state index contributed by atoms with van der Waals surface area (Å²) in [5.74, 6) is 2.89. The van der Waals surface area contributed by atoms with E-state index in [0.29, 0.717) is 0 Å². The van der Waals surface area contributed by atoms with Crippen LogP contribution in [0, 0.1) is 17.8 Å². The SMILES string of the molecule is Cn1cc(CC(N)CC2CC3CCC2C3)nn1. The Hall–Kier alpha value is -0.900. The zero-order valence-corrected chi connectivity index (χ0v) is 10.5. The highest BCUT2D eigenvalue weighted by Crippen LogP contribution is 2.49. The van der Waals surface area contributed by atoms with Crippen molar-refractivity contribution >= 4 is 0 Å². The fourth-order valence-corrected chi connectivity index (χ4v) is 3.89. The van der Waals surface area contributed by atoms with Crippen molar-refractivity contribution in [1.29, 1.82) is 0 Å². The summed E-state index contributed by atoms with van der Waals surface area (Å²) in [4.78, 5) is 0. The zero-order valence-electron chi connectivity index (χ0n) is 10.5. The molecule has 2 aliphatic rings. The van der Waals surface area contributed by atoms with Crippen molar-refractivity contribution in [1.82, 2.24) is 15.0 Å². The van der Waals surface area contributed by atoms with E-state index < -0.39 is 0 Å². The molecule has 2 N–H and O–H groups in total. The maximum Gasteiger partial charge on any atom is 0.0842 e. The highest BCUT2D eigenvalue weighted by atomic mass is 15.4. The minimum atomic E-state index is 0.260. The Labute approximate surface area is 103 Å². The first kappa shape index (κ1) is 11.2. The lowest BCUT2D eigenvalue weighted by Gasteiger charge is -2.24. The van der Waals surface area contributed by atoms with Crippen molar-refractivity contribution in [3.05, 3.63) is 11.9 Å². The molecule has 0 aliphatic heterocycles. The Balaban J connectivity index is 1.52. The van der Waals surface area contributed by atoms with Crippen molar-refractivity contribution in [2.75, 3.05) is 0 Å². The van der Waals surface area contributed by atoms with Crippen molar-refractivity contribution in [2.24, 2.45) is 30.5 Å². The molecule has 0 saturated heterocycles. The largest absolute Gasteiger partial charge is 0.327 e. The van der Waals surface area contributed by atoms with E-state index in [0.717, 1.165) is 29.9 Å². The third-order valence-corrected chi connectivity index (χ3v) is 4.61. The third kappa shape index (κ3) is 2.37. The van der Waals surface area contributed by atoms with Gasteiger partial charge in [-0.1, -0.05) is 11.6 Å². The zero-order chi connectivity index (χ0) is 11.8. The van der Waals surface area contributed by atoms with Gasteiger partial charge in [-0.05, 0) is 43.4 Å². The van der Waals surface area contributed by atoms with Crippen LogP contribution in [0.1, 0.15) is 37.8 Å². The standard InChI is InChI=1S/C13H22N4/c1-17-8-13(15-16-17)7-12(14)6-11-5-9-2-3-10(11)4-9/h8-12H,2-7,14H2,1H3. The smallest absolute Gasteiger partial charge is 0.0842 e. The summed E-state index contributed by atoms with van der Waals surface area (Å²) in [6.45, 7) is 0. The molecule has 2 fully saturated rings. The van der Waals surface area contributed by atoms with E-state index in [9.17, 15) is 0 Å². The van der Waals surface area contributed by atoms with E-state index in [4.69, 9.17) is 5.73 Å². The maximum atomic E-state index is 6.25. The van der Waals surface area contributed by atoms with E-state index in [1.54, 1.807) is 4.68 Å². The van der Waals surface area contributed by atoms with Crippen LogP contribution in [0.5, 0.6) is 0 Å². The normalized spacial score (nSPS) is 33.2. The van der Waals surface area contributed by atoms with Crippen LogP contribution in [0.2, 0.25) is 0 Å². The van der Waals surface area contributed by atoms with Crippen molar-refractivity contribution in [3.63, 3.8) is 0 Å². The molecule has 3 rings (SSSR count). The molecular formula is C13H22N4. The predicted molar refractivity (Wildman–Crippen MR) is 66.2 cm³/mol. The Morgan fingerprint density at radius 1 is 1.47 bits per heavy atom. The van der Waals surface area contributed by atoms with E-state index >= 15 is 0 Å². The van der Waals surface area contributed by atoms with E-state index in [-0.39, 0.29) is 6.04 Å². The summed E-state index contributed by atoms with van der Waals surface area (Å²) in [6, 6.07) is 0.260. The Bertz CT molecular complexity index is 387. The molecule has 4 nitrogen and oxygen atoms in total. The summed E-state index contributed by atoms with van der Waals surface area (Å²) in [5, 5.41) is 8.06. The van der Waals surface area contributed by atoms with Crippen molar-refractivity contribution < 1.29 is 0 Å². The number of hydrogen-bond acceptors (Lipinski definition) is 3. The van der Waals surface area contributed by atoms with Crippen LogP contribution >= 0.6 is 0 Å². The molecule has 2 aliphatic carbocycles. The van der Waals surface area contributed by atoms with Gasteiger partial charge in [0.2, 0.25) is 0 Å². The molecule has 94 valence electrons. The lowest BCUT2D eigenvalue weighted by atomic mass is 9.83. The van der Waals surface area contributed by atoms with Gasteiger partial charge in [-0.25, -0.2) is 0 Å². The molecule has 4 atom stereocenters. The Morgan fingerprint density at radius 3 is 2.94 bits per heavy atom. The Morgan fingerprint density at radius 2 is 2.35 bits per heavy atom. The molecule has 1 aromatic heterocycles. The summed E-state index contributed by atoms with van der Waals surface area (Å²) in [7, 11) is 1.90. The maximum absolute atomic E-state index is 6.25. The number of nitrogens with zero attached hydrogens (tertiary/aromatic N) is 3. The van der Waals surface area contributed by atoms with E-state index in [1.807, 2.05) is 13.2 Å². The third-order valence-electron chi connectivity index (χ3n) is 4.61. The van der Waals surface area contributed by atoms with Crippen LogP contribution in [0.3, 0.4) is 0 Å². The van der Waals surface area contributed by atoms with Gasteiger partial charge in [-0.15, -0.1) is 5.10 Å². The molecule has 0 amide bonds. The van der Waals surface area contributed by atoms with Gasteiger partial charge in [0, 0.05) is 25.7 Å². The summed E-state index contributed by atoms with van der Waals surface area (Å²) in [6.07, 6.45) is 9.86. The van der Waals surface area contributed by atoms with Crippen LogP contribution in [-0.2, 0) is 13.5 Å². The van der Waals surface area contributed by atoms with Gasteiger partial charge in [-0.2, -0.15) is 0 Å². The van der Waals surface area contributed by atoms with Crippen LogP contribution in [-0.4, -0.2) is 21.0 Å². The molecule has 2 bridgehead atoms. The van der Waals surface area contributed by atoms with E-state index in [2.05, 4.69) is 10.3 Å². The molecule has 0 aromatic carbocycles. The molecule has 4 heteroatoms. The second-order valence-corrected chi connectivity index (χ2v) is 6.02. The minimum Gasteiger partial charge on any atom is -0.327 e. The molecule has 17 heavy (non-hydrogen) atoms. The van der Waals surface area contributed by atoms with Crippen molar-refractivity contribution in [2.45, 2.75) is 44.6 Å². The lowest BCUT2D eigenvalue weighted by Crippen LogP contribution is -2.28.